The van der Waals surface area contributed by atoms with Gasteiger partial charge < -0.3 is 9.88 Å². The van der Waals surface area contributed by atoms with Gasteiger partial charge in [0.05, 0.1) is 12.6 Å². The Morgan fingerprint density at radius 3 is 2.72 bits per heavy atom. The van der Waals surface area contributed by atoms with Gasteiger partial charge in [-0.25, -0.2) is 4.98 Å². The minimum atomic E-state index is 0.321. The Balaban J connectivity index is 2.01. The molecule has 0 saturated carbocycles. The summed E-state index contributed by atoms with van der Waals surface area (Å²) in [4.78, 5) is 4.36. The zero-order valence-corrected chi connectivity index (χ0v) is 11.2. The molecular formula is C13H21N5. The minimum absolute atomic E-state index is 0.321. The van der Waals surface area contributed by atoms with E-state index in [0.29, 0.717) is 12.0 Å². The van der Waals surface area contributed by atoms with Crippen LogP contribution in [0.2, 0.25) is 0 Å². The Hall–Kier alpha value is -1.78. The molecule has 0 amide bonds. The van der Waals surface area contributed by atoms with Crippen molar-refractivity contribution in [2.45, 2.75) is 33.4 Å². The molecule has 0 aliphatic heterocycles. The molecule has 2 rings (SSSR count). The van der Waals surface area contributed by atoms with E-state index in [-0.39, 0.29) is 0 Å². The van der Waals surface area contributed by atoms with Crippen molar-refractivity contribution in [3.63, 3.8) is 0 Å². The predicted molar refractivity (Wildman–Crippen MR) is 72.5 cm³/mol. The number of hydrogen-bond donors (Lipinski definition) is 1. The summed E-state index contributed by atoms with van der Waals surface area (Å²) in [7, 11) is 0. The third-order valence-electron chi connectivity index (χ3n) is 2.82. The molecule has 0 bridgehead atoms. The van der Waals surface area contributed by atoms with Gasteiger partial charge >= 0.3 is 0 Å². The highest BCUT2D eigenvalue weighted by atomic mass is 15.3. The Bertz CT molecular complexity index is 457. The number of imidazole rings is 1. The normalized spacial score (nSPS) is 12.9. The largest absolute Gasteiger partial charge is 0.355 e. The lowest BCUT2D eigenvalue weighted by atomic mass is 10.2. The third-order valence-corrected chi connectivity index (χ3v) is 2.82. The van der Waals surface area contributed by atoms with Crippen molar-refractivity contribution in [2.75, 3.05) is 11.9 Å². The molecule has 0 fully saturated rings. The lowest BCUT2D eigenvalue weighted by molar-refractivity contribution is 0.439. The number of aromatic nitrogens is 4. The lowest BCUT2D eigenvalue weighted by Crippen LogP contribution is -2.17. The van der Waals surface area contributed by atoms with Crippen molar-refractivity contribution >= 4 is 5.95 Å². The first-order chi connectivity index (χ1) is 8.66. The average Bonchev–Trinajstić information content (AvgIpc) is 2.96. The molecule has 0 spiro atoms. The zero-order chi connectivity index (χ0) is 13.0. The van der Waals surface area contributed by atoms with E-state index in [4.69, 9.17) is 0 Å². The number of rotatable bonds is 6. The van der Waals surface area contributed by atoms with Crippen LogP contribution in [0.15, 0.2) is 30.9 Å². The molecule has 1 unspecified atom stereocenters. The number of anilines is 1. The molecule has 0 aliphatic carbocycles. The smallest absolute Gasteiger partial charge is 0.203 e. The van der Waals surface area contributed by atoms with Crippen LogP contribution in [0.5, 0.6) is 0 Å². The number of nitrogens with zero attached hydrogens (tertiary/aromatic N) is 4. The van der Waals surface area contributed by atoms with E-state index in [1.54, 1.807) is 6.20 Å². The van der Waals surface area contributed by atoms with Crippen LogP contribution in [0.1, 0.15) is 26.8 Å². The molecule has 2 heterocycles. The van der Waals surface area contributed by atoms with Crippen molar-refractivity contribution in [1.82, 2.24) is 19.3 Å². The van der Waals surface area contributed by atoms with E-state index in [9.17, 15) is 0 Å². The maximum Gasteiger partial charge on any atom is 0.203 e. The van der Waals surface area contributed by atoms with Gasteiger partial charge in [0.1, 0.15) is 0 Å². The minimum Gasteiger partial charge on any atom is -0.355 e. The van der Waals surface area contributed by atoms with Crippen molar-refractivity contribution in [2.24, 2.45) is 5.92 Å². The SMILES string of the molecule is CC(C)CNc1nccn1C(C)Cn1cccn1. The molecule has 2 aromatic rings. The highest BCUT2D eigenvalue weighted by molar-refractivity contribution is 5.26. The summed E-state index contributed by atoms with van der Waals surface area (Å²) in [6.07, 6.45) is 7.63. The fraction of sp³-hybridized carbons (Fsp3) is 0.538. The Morgan fingerprint density at radius 2 is 2.06 bits per heavy atom. The van der Waals surface area contributed by atoms with Gasteiger partial charge in [-0.2, -0.15) is 5.10 Å². The predicted octanol–water partition coefficient (Wildman–Crippen LogP) is 2.41. The summed E-state index contributed by atoms with van der Waals surface area (Å²) in [6.45, 7) is 8.33. The molecule has 5 nitrogen and oxygen atoms in total. The molecule has 98 valence electrons. The molecule has 0 aromatic carbocycles. The molecule has 0 saturated heterocycles. The molecule has 0 radical (unpaired) electrons. The van der Waals surface area contributed by atoms with Crippen molar-refractivity contribution < 1.29 is 0 Å². The summed E-state index contributed by atoms with van der Waals surface area (Å²) in [6, 6.07) is 2.26. The van der Waals surface area contributed by atoms with Crippen LogP contribution < -0.4 is 5.32 Å². The quantitative estimate of drug-likeness (QED) is 0.852. The topological polar surface area (TPSA) is 47.7 Å². The second-order valence-electron chi connectivity index (χ2n) is 5.01. The molecule has 0 aliphatic rings. The van der Waals surface area contributed by atoms with Gasteiger partial charge in [0.15, 0.2) is 0 Å². The summed E-state index contributed by atoms with van der Waals surface area (Å²) >= 11 is 0. The summed E-state index contributed by atoms with van der Waals surface area (Å²) in [5, 5.41) is 7.61. The number of nitrogens with one attached hydrogen (secondary N) is 1. The molecule has 2 aromatic heterocycles. The van der Waals surface area contributed by atoms with Gasteiger partial charge in [-0.15, -0.1) is 0 Å². The van der Waals surface area contributed by atoms with Crippen molar-refractivity contribution in [3.05, 3.63) is 30.9 Å². The van der Waals surface area contributed by atoms with E-state index >= 15 is 0 Å². The Labute approximate surface area is 108 Å². The standard InChI is InChI=1S/C13H21N5/c1-11(2)9-15-13-14-6-8-18(13)12(3)10-17-7-4-5-16-17/h4-8,11-12H,9-10H2,1-3H3,(H,14,15). The molecule has 1 N–H and O–H groups in total. The van der Waals surface area contributed by atoms with Crippen LogP contribution in [0.25, 0.3) is 0 Å². The van der Waals surface area contributed by atoms with Crippen LogP contribution in [0.4, 0.5) is 5.95 Å². The zero-order valence-electron chi connectivity index (χ0n) is 11.2. The first-order valence-corrected chi connectivity index (χ1v) is 6.41. The van der Waals surface area contributed by atoms with Gasteiger partial charge in [-0.3, -0.25) is 4.68 Å². The molecule has 1 atom stereocenters. The first-order valence-electron chi connectivity index (χ1n) is 6.41. The molecule has 5 heteroatoms. The second kappa shape index (κ2) is 5.71. The average molecular weight is 247 g/mol. The maximum absolute atomic E-state index is 4.36. The van der Waals surface area contributed by atoms with Crippen molar-refractivity contribution in [1.29, 1.82) is 0 Å². The van der Waals surface area contributed by atoms with Gasteiger partial charge in [0, 0.05) is 31.3 Å². The third kappa shape index (κ3) is 3.12. The van der Waals surface area contributed by atoms with Crippen LogP contribution in [-0.2, 0) is 6.54 Å². The van der Waals surface area contributed by atoms with Gasteiger partial charge in [0.2, 0.25) is 5.95 Å². The Morgan fingerprint density at radius 1 is 1.22 bits per heavy atom. The van der Waals surface area contributed by atoms with Crippen LogP contribution in [0.3, 0.4) is 0 Å². The van der Waals surface area contributed by atoms with Crippen LogP contribution in [0, 0.1) is 5.92 Å². The number of hydrogen-bond acceptors (Lipinski definition) is 3. The highest BCUT2D eigenvalue weighted by Crippen LogP contribution is 2.15. The monoisotopic (exact) mass is 247 g/mol. The first kappa shape index (κ1) is 12.7. The lowest BCUT2D eigenvalue weighted by Gasteiger charge is -2.17. The van der Waals surface area contributed by atoms with E-state index < -0.39 is 0 Å². The van der Waals surface area contributed by atoms with Crippen LogP contribution in [-0.4, -0.2) is 25.9 Å². The van der Waals surface area contributed by atoms with Crippen LogP contribution >= 0.6 is 0 Å². The van der Waals surface area contributed by atoms with E-state index in [0.717, 1.165) is 19.0 Å². The summed E-state index contributed by atoms with van der Waals surface area (Å²) in [5.74, 6) is 1.54. The van der Waals surface area contributed by atoms with E-state index in [2.05, 4.69) is 40.7 Å². The fourth-order valence-electron chi connectivity index (χ4n) is 1.87. The Kier molecular flexibility index (Phi) is 4.02. The summed E-state index contributed by atoms with van der Waals surface area (Å²) in [5.41, 5.74) is 0. The highest BCUT2D eigenvalue weighted by Gasteiger charge is 2.10. The molecule has 18 heavy (non-hydrogen) atoms. The fourth-order valence-corrected chi connectivity index (χ4v) is 1.87. The van der Waals surface area contributed by atoms with E-state index in [1.807, 2.05) is 29.3 Å². The van der Waals surface area contributed by atoms with Gasteiger partial charge in [0.25, 0.3) is 0 Å². The second-order valence-corrected chi connectivity index (χ2v) is 5.01. The summed E-state index contributed by atoms with van der Waals surface area (Å²) < 4.78 is 4.10. The van der Waals surface area contributed by atoms with Gasteiger partial charge in [-0.05, 0) is 18.9 Å². The molecular weight excluding hydrogens is 226 g/mol. The van der Waals surface area contributed by atoms with Crippen molar-refractivity contribution in [3.8, 4) is 0 Å². The maximum atomic E-state index is 4.36. The van der Waals surface area contributed by atoms with E-state index in [1.165, 1.54) is 0 Å². The van der Waals surface area contributed by atoms with Gasteiger partial charge in [-0.1, -0.05) is 13.8 Å².